The maximum absolute atomic E-state index is 2.38. The van der Waals surface area contributed by atoms with Crippen molar-refractivity contribution in [1.29, 1.82) is 0 Å². The minimum absolute atomic E-state index is 1.04. The normalized spacial score (nSPS) is 11.5. The molecule has 0 heterocycles. The van der Waals surface area contributed by atoms with Gasteiger partial charge in [0.2, 0.25) is 0 Å². The molecule has 0 nitrogen and oxygen atoms in total. The van der Waals surface area contributed by atoms with Crippen LogP contribution in [0.3, 0.4) is 0 Å². The minimum Gasteiger partial charge on any atom is -0.0613 e. The molecule has 0 saturated heterocycles. The average molecular weight is 511 g/mol. The first-order chi connectivity index (χ1) is 17.9. The fourth-order valence-electron chi connectivity index (χ4n) is 7.53. The van der Waals surface area contributed by atoms with Gasteiger partial charge in [0, 0.05) is 0 Å². The standard InChI is InChI=1S/C38H54/c1-15-31-21(5)23(7)37(29(13)33(31)17-3)19-35-25(9)27(11)36(28(12)26(35)10)20-38-24(8)22(6)32(16-2)34(18-4)30(38)14/h15-20H2,1-14H3. The second-order valence-electron chi connectivity index (χ2n) is 11.8. The zero-order valence-corrected chi connectivity index (χ0v) is 27.2. The highest BCUT2D eigenvalue weighted by atomic mass is 14.3. The molecule has 0 spiro atoms. The number of benzene rings is 3. The Morgan fingerprint density at radius 2 is 0.395 bits per heavy atom. The molecule has 0 aliphatic heterocycles. The highest BCUT2D eigenvalue weighted by Gasteiger charge is 2.22. The average Bonchev–Trinajstić information content (AvgIpc) is 2.90. The van der Waals surface area contributed by atoms with E-state index in [4.69, 9.17) is 0 Å². The van der Waals surface area contributed by atoms with Gasteiger partial charge in [0.25, 0.3) is 0 Å². The zero-order chi connectivity index (χ0) is 28.6. The maximum Gasteiger partial charge on any atom is -0.00149 e. The van der Waals surface area contributed by atoms with Crippen molar-refractivity contribution in [2.24, 2.45) is 0 Å². The van der Waals surface area contributed by atoms with E-state index in [1.807, 2.05) is 0 Å². The van der Waals surface area contributed by atoms with Crippen LogP contribution in [0.5, 0.6) is 0 Å². The van der Waals surface area contributed by atoms with Crippen LogP contribution in [0.4, 0.5) is 0 Å². The van der Waals surface area contributed by atoms with Gasteiger partial charge in [-0.1, -0.05) is 27.7 Å². The first-order valence-electron chi connectivity index (χ1n) is 15.2. The van der Waals surface area contributed by atoms with E-state index in [0.29, 0.717) is 0 Å². The van der Waals surface area contributed by atoms with Crippen molar-refractivity contribution in [1.82, 2.24) is 0 Å². The van der Waals surface area contributed by atoms with Crippen LogP contribution in [-0.4, -0.2) is 0 Å². The quantitative estimate of drug-likeness (QED) is 0.283. The molecule has 3 aromatic carbocycles. The summed E-state index contributed by atoms with van der Waals surface area (Å²) in [6.45, 7) is 32.9. The van der Waals surface area contributed by atoms with Crippen molar-refractivity contribution in [3.8, 4) is 0 Å². The van der Waals surface area contributed by atoms with E-state index in [1.54, 1.807) is 44.5 Å². The summed E-state index contributed by atoms with van der Waals surface area (Å²) < 4.78 is 0. The molecule has 0 radical (unpaired) electrons. The molecule has 0 amide bonds. The van der Waals surface area contributed by atoms with Crippen LogP contribution >= 0.6 is 0 Å². The van der Waals surface area contributed by atoms with E-state index in [2.05, 4.69) is 96.9 Å². The molecule has 0 N–H and O–H groups in total. The number of hydrogen-bond acceptors (Lipinski definition) is 0. The van der Waals surface area contributed by atoms with Crippen molar-refractivity contribution >= 4 is 0 Å². The largest absolute Gasteiger partial charge is 0.0613 e. The summed E-state index contributed by atoms with van der Waals surface area (Å²) in [5.41, 5.74) is 27.5. The van der Waals surface area contributed by atoms with Gasteiger partial charge in [-0.25, -0.2) is 0 Å². The SMILES string of the molecule is CCc1c(C)c(C)c(Cc2c(C)c(C)c(Cc3c(C)c(C)c(CC)c(CC)c3C)c(C)c2C)c(C)c1CC. The smallest absolute Gasteiger partial charge is 0.00149 e. The second-order valence-corrected chi connectivity index (χ2v) is 11.8. The van der Waals surface area contributed by atoms with E-state index in [1.165, 1.54) is 55.6 Å². The molecule has 0 aromatic heterocycles. The van der Waals surface area contributed by atoms with Crippen LogP contribution in [0.1, 0.15) is 128 Å². The van der Waals surface area contributed by atoms with Crippen molar-refractivity contribution < 1.29 is 0 Å². The molecular weight excluding hydrogens is 456 g/mol. The fraction of sp³-hybridized carbons (Fsp3) is 0.526. The molecule has 0 saturated carbocycles. The van der Waals surface area contributed by atoms with E-state index in [0.717, 1.165) is 38.5 Å². The molecule has 0 aliphatic rings. The lowest BCUT2D eigenvalue weighted by Gasteiger charge is -2.26. The van der Waals surface area contributed by atoms with Crippen molar-refractivity contribution in [2.45, 2.75) is 135 Å². The Hall–Kier alpha value is -2.34. The van der Waals surface area contributed by atoms with Gasteiger partial charge in [-0.3, -0.25) is 0 Å². The van der Waals surface area contributed by atoms with Gasteiger partial charge in [-0.2, -0.15) is 0 Å². The second kappa shape index (κ2) is 11.8. The van der Waals surface area contributed by atoms with E-state index >= 15 is 0 Å². The van der Waals surface area contributed by atoms with Gasteiger partial charge in [-0.15, -0.1) is 0 Å². The predicted molar refractivity (Wildman–Crippen MR) is 170 cm³/mol. The fourth-order valence-corrected chi connectivity index (χ4v) is 7.53. The lowest BCUT2D eigenvalue weighted by atomic mass is 9.78. The summed E-state index contributed by atoms with van der Waals surface area (Å²) in [5.74, 6) is 0. The Balaban J connectivity index is 2.19. The summed E-state index contributed by atoms with van der Waals surface area (Å²) in [6, 6.07) is 0. The van der Waals surface area contributed by atoms with Crippen LogP contribution in [0.25, 0.3) is 0 Å². The zero-order valence-electron chi connectivity index (χ0n) is 27.2. The van der Waals surface area contributed by atoms with E-state index in [9.17, 15) is 0 Å². The number of rotatable bonds is 8. The molecule has 38 heavy (non-hydrogen) atoms. The van der Waals surface area contributed by atoms with Gasteiger partial charge in [-0.05, 0) is 208 Å². The summed E-state index contributed by atoms with van der Waals surface area (Å²) in [6.07, 6.45) is 6.56. The van der Waals surface area contributed by atoms with Gasteiger partial charge < -0.3 is 0 Å². The summed E-state index contributed by atoms with van der Waals surface area (Å²) in [7, 11) is 0. The molecule has 3 aromatic rings. The molecule has 0 bridgehead atoms. The lowest BCUT2D eigenvalue weighted by molar-refractivity contribution is 0.943. The third kappa shape index (κ3) is 4.89. The first-order valence-corrected chi connectivity index (χ1v) is 15.2. The van der Waals surface area contributed by atoms with Gasteiger partial charge in [0.05, 0.1) is 0 Å². The molecular formula is C38H54. The third-order valence-corrected chi connectivity index (χ3v) is 10.5. The Morgan fingerprint density at radius 3 is 0.605 bits per heavy atom. The minimum atomic E-state index is 1.04. The van der Waals surface area contributed by atoms with Crippen LogP contribution in [-0.2, 0) is 38.5 Å². The highest BCUT2D eigenvalue weighted by Crippen LogP contribution is 2.36. The molecule has 3 rings (SSSR count). The van der Waals surface area contributed by atoms with Gasteiger partial charge in [0.1, 0.15) is 0 Å². The van der Waals surface area contributed by atoms with E-state index < -0.39 is 0 Å². The van der Waals surface area contributed by atoms with Crippen LogP contribution < -0.4 is 0 Å². The van der Waals surface area contributed by atoms with Crippen molar-refractivity contribution in [2.75, 3.05) is 0 Å². The number of hydrogen-bond donors (Lipinski definition) is 0. The predicted octanol–water partition coefficient (Wildman–Crippen LogP) is 10.2. The van der Waals surface area contributed by atoms with Crippen LogP contribution in [0, 0.1) is 69.2 Å². The molecule has 0 unspecified atom stereocenters. The molecule has 0 heteroatoms. The Bertz CT molecular complexity index is 1240. The van der Waals surface area contributed by atoms with Gasteiger partial charge >= 0.3 is 0 Å². The monoisotopic (exact) mass is 510 g/mol. The summed E-state index contributed by atoms with van der Waals surface area (Å²) >= 11 is 0. The highest BCUT2D eigenvalue weighted by molar-refractivity contribution is 5.59. The Kier molecular flexibility index (Phi) is 9.39. The van der Waals surface area contributed by atoms with E-state index in [-0.39, 0.29) is 0 Å². The molecule has 0 atom stereocenters. The van der Waals surface area contributed by atoms with Crippen molar-refractivity contribution in [3.63, 3.8) is 0 Å². The molecule has 0 fully saturated rings. The van der Waals surface area contributed by atoms with Crippen LogP contribution in [0.15, 0.2) is 0 Å². The summed E-state index contributed by atoms with van der Waals surface area (Å²) in [4.78, 5) is 0. The van der Waals surface area contributed by atoms with Gasteiger partial charge in [0.15, 0.2) is 0 Å². The summed E-state index contributed by atoms with van der Waals surface area (Å²) in [5, 5.41) is 0. The first kappa shape index (κ1) is 30.2. The Labute approximate surface area is 235 Å². The molecule has 0 aliphatic carbocycles. The van der Waals surface area contributed by atoms with Crippen molar-refractivity contribution in [3.05, 3.63) is 100 Å². The maximum atomic E-state index is 2.38. The topological polar surface area (TPSA) is 0 Å². The lowest BCUT2D eigenvalue weighted by Crippen LogP contribution is -2.12. The Morgan fingerprint density at radius 1 is 0.237 bits per heavy atom. The third-order valence-electron chi connectivity index (χ3n) is 10.5. The molecule has 206 valence electrons. The van der Waals surface area contributed by atoms with Crippen LogP contribution in [0.2, 0.25) is 0 Å².